The van der Waals surface area contributed by atoms with Gasteiger partial charge in [0.2, 0.25) is 10.0 Å². The van der Waals surface area contributed by atoms with Gasteiger partial charge in [-0.25, -0.2) is 21.8 Å². The third-order valence-corrected chi connectivity index (χ3v) is 5.29. The average Bonchev–Trinajstić information content (AvgIpc) is 2.34. The number of nitrogens with zero attached hydrogens (tertiary/aromatic N) is 2. The van der Waals surface area contributed by atoms with Crippen molar-refractivity contribution in [1.82, 2.24) is 9.29 Å². The minimum absolute atomic E-state index is 0.0218. The summed E-state index contributed by atoms with van der Waals surface area (Å²) in [6.07, 6.45) is 2.54. The second-order valence-electron chi connectivity index (χ2n) is 4.06. The van der Waals surface area contributed by atoms with Crippen molar-refractivity contribution in [3.63, 3.8) is 0 Å². The van der Waals surface area contributed by atoms with E-state index in [1.807, 2.05) is 0 Å². The molecule has 7 nitrogen and oxygen atoms in total. The van der Waals surface area contributed by atoms with Gasteiger partial charge >= 0.3 is 0 Å². The van der Waals surface area contributed by atoms with E-state index in [-0.39, 0.29) is 23.0 Å². The van der Waals surface area contributed by atoms with Gasteiger partial charge in [-0.15, -0.1) is 0 Å². The Kier molecular flexibility index (Phi) is 4.88. The van der Waals surface area contributed by atoms with Gasteiger partial charge in [0.15, 0.2) is 0 Å². The van der Waals surface area contributed by atoms with E-state index in [0.717, 1.165) is 10.6 Å². The first-order valence-corrected chi connectivity index (χ1v) is 8.95. The highest BCUT2D eigenvalue weighted by atomic mass is 32.2. The van der Waals surface area contributed by atoms with E-state index >= 15 is 0 Å². The van der Waals surface area contributed by atoms with Crippen LogP contribution in [0, 0.1) is 0 Å². The van der Waals surface area contributed by atoms with Crippen molar-refractivity contribution in [1.29, 1.82) is 0 Å². The van der Waals surface area contributed by atoms with Gasteiger partial charge in [0.05, 0.1) is 5.75 Å². The van der Waals surface area contributed by atoms with E-state index in [1.165, 1.54) is 25.4 Å². The Labute approximate surface area is 113 Å². The molecule has 0 spiro atoms. The molecule has 0 saturated heterocycles. The summed E-state index contributed by atoms with van der Waals surface area (Å²) in [4.78, 5) is 3.94. The fourth-order valence-corrected chi connectivity index (χ4v) is 3.41. The number of aromatic nitrogens is 1. The first-order valence-electron chi connectivity index (χ1n) is 5.45. The number of hydrogen-bond donors (Lipinski definition) is 1. The summed E-state index contributed by atoms with van der Waals surface area (Å²) in [6.45, 7) is -0.0980. The molecular weight excluding hydrogens is 290 g/mol. The standard InChI is InChI=1S/C10H17N3O4S2/c1-11-10-9(5-4-6-12-10)19(16,17)13(2)7-8-18(3,14)15/h4-6H,7-8H2,1-3H3,(H,11,12). The second kappa shape index (κ2) is 5.85. The predicted octanol–water partition coefficient (Wildman–Crippen LogP) is -0.212. The van der Waals surface area contributed by atoms with E-state index in [9.17, 15) is 16.8 Å². The Morgan fingerprint density at radius 3 is 2.47 bits per heavy atom. The number of pyridine rings is 1. The summed E-state index contributed by atoms with van der Waals surface area (Å²) in [5, 5.41) is 2.69. The molecule has 19 heavy (non-hydrogen) atoms. The van der Waals surface area contributed by atoms with Crippen LogP contribution < -0.4 is 5.32 Å². The number of nitrogens with one attached hydrogen (secondary N) is 1. The summed E-state index contributed by atoms with van der Waals surface area (Å²) < 4.78 is 47.7. The number of rotatable bonds is 6. The SMILES string of the molecule is CNc1ncccc1S(=O)(=O)N(C)CCS(C)(=O)=O. The molecule has 1 rings (SSSR count). The smallest absolute Gasteiger partial charge is 0.246 e. The molecule has 0 atom stereocenters. The molecule has 0 unspecified atom stereocenters. The van der Waals surface area contributed by atoms with Crippen LogP contribution in [0.5, 0.6) is 0 Å². The lowest BCUT2D eigenvalue weighted by molar-refractivity contribution is 0.485. The second-order valence-corrected chi connectivity index (χ2v) is 8.33. The van der Waals surface area contributed by atoms with Crippen LogP contribution in [-0.4, -0.2) is 58.8 Å². The Bertz CT molecular complexity index is 640. The largest absolute Gasteiger partial charge is 0.372 e. The third kappa shape index (κ3) is 4.15. The molecule has 0 fully saturated rings. The Balaban J connectivity index is 3.03. The summed E-state index contributed by atoms with van der Waals surface area (Å²) in [5.41, 5.74) is 0. The maximum Gasteiger partial charge on any atom is 0.246 e. The zero-order valence-electron chi connectivity index (χ0n) is 11.0. The molecule has 0 radical (unpaired) electrons. The van der Waals surface area contributed by atoms with E-state index in [1.54, 1.807) is 7.05 Å². The van der Waals surface area contributed by atoms with E-state index < -0.39 is 19.9 Å². The Morgan fingerprint density at radius 2 is 1.95 bits per heavy atom. The van der Waals surface area contributed by atoms with Gasteiger partial charge in [-0.2, -0.15) is 4.31 Å². The molecule has 9 heteroatoms. The zero-order valence-corrected chi connectivity index (χ0v) is 12.6. The fraction of sp³-hybridized carbons (Fsp3) is 0.500. The van der Waals surface area contributed by atoms with E-state index in [2.05, 4.69) is 10.3 Å². The monoisotopic (exact) mass is 307 g/mol. The van der Waals surface area contributed by atoms with Crippen molar-refractivity contribution >= 4 is 25.7 Å². The van der Waals surface area contributed by atoms with Crippen LogP contribution in [0.1, 0.15) is 0 Å². The van der Waals surface area contributed by atoms with Gasteiger partial charge < -0.3 is 5.32 Å². The summed E-state index contributed by atoms with van der Waals surface area (Å²) >= 11 is 0. The van der Waals surface area contributed by atoms with Crippen molar-refractivity contribution in [3.8, 4) is 0 Å². The molecule has 108 valence electrons. The Morgan fingerprint density at radius 1 is 1.32 bits per heavy atom. The number of hydrogen-bond acceptors (Lipinski definition) is 6. The van der Waals surface area contributed by atoms with Gasteiger partial charge in [-0.05, 0) is 12.1 Å². The van der Waals surface area contributed by atoms with Crippen LogP contribution in [0.4, 0.5) is 5.82 Å². The fourth-order valence-electron chi connectivity index (χ4n) is 1.37. The first-order chi connectivity index (χ1) is 8.68. The lowest BCUT2D eigenvalue weighted by Gasteiger charge is -2.18. The lowest BCUT2D eigenvalue weighted by Crippen LogP contribution is -2.32. The van der Waals surface area contributed by atoms with Gasteiger partial charge in [0.1, 0.15) is 20.6 Å². The molecule has 1 aromatic rings. The van der Waals surface area contributed by atoms with Crippen LogP contribution >= 0.6 is 0 Å². The molecule has 0 amide bonds. The quantitative estimate of drug-likeness (QED) is 0.781. The molecule has 1 heterocycles. The van der Waals surface area contributed by atoms with Crippen molar-refractivity contribution < 1.29 is 16.8 Å². The van der Waals surface area contributed by atoms with E-state index in [0.29, 0.717) is 0 Å². The predicted molar refractivity (Wildman–Crippen MR) is 73.3 cm³/mol. The molecule has 0 aliphatic heterocycles. The molecule has 0 aliphatic carbocycles. The summed E-state index contributed by atoms with van der Waals surface area (Å²) in [6, 6.07) is 2.93. The van der Waals surface area contributed by atoms with Crippen molar-refractivity contribution in [3.05, 3.63) is 18.3 Å². The van der Waals surface area contributed by atoms with Crippen molar-refractivity contribution in [2.24, 2.45) is 0 Å². The highest BCUT2D eigenvalue weighted by molar-refractivity contribution is 7.91. The lowest BCUT2D eigenvalue weighted by atomic mass is 10.5. The summed E-state index contributed by atoms with van der Waals surface area (Å²) in [7, 11) is -4.07. The van der Waals surface area contributed by atoms with Crippen molar-refractivity contribution in [2.45, 2.75) is 4.90 Å². The molecule has 0 saturated carbocycles. The minimum Gasteiger partial charge on any atom is -0.372 e. The highest BCUT2D eigenvalue weighted by Gasteiger charge is 2.24. The normalized spacial score (nSPS) is 12.6. The molecule has 1 N–H and O–H groups in total. The number of sulfonamides is 1. The van der Waals surface area contributed by atoms with Gasteiger partial charge in [0, 0.05) is 33.1 Å². The molecular formula is C10H17N3O4S2. The molecule has 1 aromatic heterocycles. The maximum absolute atomic E-state index is 12.3. The number of sulfone groups is 1. The number of anilines is 1. The minimum atomic E-state index is -3.76. The maximum atomic E-state index is 12.3. The van der Waals surface area contributed by atoms with Crippen LogP contribution in [0.25, 0.3) is 0 Å². The molecule has 0 bridgehead atoms. The third-order valence-electron chi connectivity index (χ3n) is 2.47. The van der Waals surface area contributed by atoms with Gasteiger partial charge in [-0.3, -0.25) is 0 Å². The molecule has 0 aromatic carbocycles. The van der Waals surface area contributed by atoms with Crippen molar-refractivity contribution in [2.75, 3.05) is 38.0 Å². The van der Waals surface area contributed by atoms with Crippen LogP contribution in [0.15, 0.2) is 23.2 Å². The van der Waals surface area contributed by atoms with Gasteiger partial charge in [-0.1, -0.05) is 0 Å². The summed E-state index contributed by atoms with van der Waals surface area (Å²) in [5.74, 6) is 0.00596. The van der Waals surface area contributed by atoms with Gasteiger partial charge in [0.25, 0.3) is 0 Å². The zero-order chi connectivity index (χ0) is 14.7. The highest BCUT2D eigenvalue weighted by Crippen LogP contribution is 2.20. The first kappa shape index (κ1) is 15.9. The van der Waals surface area contributed by atoms with Crippen LogP contribution in [-0.2, 0) is 19.9 Å². The van der Waals surface area contributed by atoms with E-state index in [4.69, 9.17) is 0 Å². The topological polar surface area (TPSA) is 96.4 Å². The van der Waals surface area contributed by atoms with Crippen LogP contribution in [0.2, 0.25) is 0 Å². The molecule has 0 aliphatic rings. The van der Waals surface area contributed by atoms with Crippen LogP contribution in [0.3, 0.4) is 0 Å². The average molecular weight is 307 g/mol. The Hall–Kier alpha value is -1.19.